The molecule has 1 aromatic carbocycles. The first-order chi connectivity index (χ1) is 6.25. The zero-order chi connectivity index (χ0) is 9.26. The Morgan fingerprint density at radius 1 is 1.23 bits per heavy atom. The van der Waals surface area contributed by atoms with Crippen molar-refractivity contribution in [3.63, 3.8) is 0 Å². The average Bonchev–Trinajstić information content (AvgIpc) is 2.53. The second-order valence-electron chi connectivity index (χ2n) is 2.56. The lowest BCUT2D eigenvalue weighted by molar-refractivity contribution is 0.804. The average molecular weight is 195 g/mol. The van der Waals surface area contributed by atoms with Crippen LogP contribution in [0.4, 0.5) is 5.82 Å². The summed E-state index contributed by atoms with van der Waals surface area (Å²) < 4.78 is 1.59. The molecular formula is C8H7ClN4. The Morgan fingerprint density at radius 3 is 2.46 bits per heavy atom. The van der Waals surface area contributed by atoms with Crippen LogP contribution in [0.3, 0.4) is 0 Å². The number of hydrogen-bond acceptors (Lipinski definition) is 3. The molecule has 2 aromatic rings. The first-order valence-electron chi connectivity index (χ1n) is 3.69. The summed E-state index contributed by atoms with van der Waals surface area (Å²) in [6, 6.07) is 7.26. The monoisotopic (exact) mass is 194 g/mol. The Kier molecular flexibility index (Phi) is 1.90. The number of halogens is 1. The number of rotatable bonds is 1. The van der Waals surface area contributed by atoms with Gasteiger partial charge in [-0.05, 0) is 24.3 Å². The molecule has 1 heterocycles. The van der Waals surface area contributed by atoms with Gasteiger partial charge in [0.2, 0.25) is 0 Å². The first kappa shape index (κ1) is 8.07. The highest BCUT2D eigenvalue weighted by Gasteiger charge is 1.98. The largest absolute Gasteiger partial charge is 0.381 e. The molecule has 0 unspecified atom stereocenters. The van der Waals surface area contributed by atoms with E-state index in [4.69, 9.17) is 17.3 Å². The molecule has 1 aromatic heterocycles. The second kappa shape index (κ2) is 3.06. The van der Waals surface area contributed by atoms with Crippen molar-refractivity contribution in [3.8, 4) is 5.69 Å². The lowest BCUT2D eigenvalue weighted by Gasteiger charge is -1.98. The van der Waals surface area contributed by atoms with Crippen LogP contribution >= 0.6 is 11.6 Å². The predicted molar refractivity (Wildman–Crippen MR) is 50.8 cm³/mol. The van der Waals surface area contributed by atoms with Crippen LogP contribution in [0.15, 0.2) is 30.5 Å². The zero-order valence-electron chi connectivity index (χ0n) is 6.68. The van der Waals surface area contributed by atoms with Crippen LogP contribution in [-0.4, -0.2) is 15.0 Å². The van der Waals surface area contributed by atoms with Gasteiger partial charge in [-0.25, -0.2) is 4.68 Å². The van der Waals surface area contributed by atoms with Crippen LogP contribution in [0.1, 0.15) is 0 Å². The van der Waals surface area contributed by atoms with Crippen LogP contribution in [0, 0.1) is 0 Å². The van der Waals surface area contributed by atoms with Crippen LogP contribution < -0.4 is 5.73 Å². The molecule has 5 heteroatoms. The number of nitrogens with zero attached hydrogens (tertiary/aromatic N) is 3. The fourth-order valence-electron chi connectivity index (χ4n) is 0.997. The minimum Gasteiger partial charge on any atom is -0.381 e. The number of aromatic nitrogens is 3. The highest BCUT2D eigenvalue weighted by Crippen LogP contribution is 2.12. The summed E-state index contributed by atoms with van der Waals surface area (Å²) >= 11 is 5.73. The van der Waals surface area contributed by atoms with E-state index < -0.39 is 0 Å². The van der Waals surface area contributed by atoms with Gasteiger partial charge in [0.25, 0.3) is 0 Å². The van der Waals surface area contributed by atoms with Gasteiger partial charge in [-0.1, -0.05) is 16.8 Å². The van der Waals surface area contributed by atoms with Gasteiger partial charge in [-0.2, -0.15) is 0 Å². The molecule has 0 aliphatic rings. The molecule has 0 atom stereocenters. The molecule has 4 nitrogen and oxygen atoms in total. The Balaban J connectivity index is 2.41. The molecule has 0 aliphatic carbocycles. The highest BCUT2D eigenvalue weighted by atomic mass is 35.5. The molecule has 0 fully saturated rings. The Labute approximate surface area is 79.9 Å². The van der Waals surface area contributed by atoms with Gasteiger partial charge in [0.15, 0.2) is 5.82 Å². The lowest BCUT2D eigenvalue weighted by Crippen LogP contribution is -1.93. The van der Waals surface area contributed by atoms with E-state index >= 15 is 0 Å². The van der Waals surface area contributed by atoms with E-state index in [1.807, 2.05) is 12.1 Å². The molecule has 0 bridgehead atoms. The van der Waals surface area contributed by atoms with Gasteiger partial charge in [-0.3, -0.25) is 0 Å². The minimum absolute atomic E-state index is 0.398. The Hall–Kier alpha value is -1.55. The van der Waals surface area contributed by atoms with Crippen LogP contribution in [-0.2, 0) is 0 Å². The van der Waals surface area contributed by atoms with Gasteiger partial charge in [0.1, 0.15) is 0 Å². The number of benzene rings is 1. The van der Waals surface area contributed by atoms with Crippen LogP contribution in [0.25, 0.3) is 5.69 Å². The molecule has 0 spiro atoms. The maximum absolute atomic E-state index is 5.73. The van der Waals surface area contributed by atoms with Crippen molar-refractivity contribution in [2.45, 2.75) is 0 Å². The van der Waals surface area contributed by atoms with E-state index in [1.165, 1.54) is 0 Å². The van der Waals surface area contributed by atoms with Crippen molar-refractivity contribution >= 4 is 17.4 Å². The van der Waals surface area contributed by atoms with Crippen molar-refractivity contribution < 1.29 is 0 Å². The molecule has 2 N–H and O–H groups in total. The molecule has 0 aliphatic heterocycles. The summed E-state index contributed by atoms with van der Waals surface area (Å²) in [5, 5.41) is 8.18. The molecule has 0 radical (unpaired) electrons. The maximum Gasteiger partial charge on any atom is 0.166 e. The van der Waals surface area contributed by atoms with Crippen molar-refractivity contribution in [1.82, 2.24) is 15.0 Å². The third kappa shape index (κ3) is 1.62. The quantitative estimate of drug-likeness (QED) is 0.749. The SMILES string of the molecule is Nc1cn(-c2ccc(Cl)cc2)nn1. The van der Waals surface area contributed by atoms with Crippen LogP contribution in [0.2, 0.25) is 5.02 Å². The summed E-state index contributed by atoms with van der Waals surface area (Å²) in [6.07, 6.45) is 1.64. The molecular weight excluding hydrogens is 188 g/mol. The van der Waals surface area contributed by atoms with Gasteiger partial charge in [0, 0.05) is 5.02 Å². The molecule has 2 rings (SSSR count). The molecule has 0 amide bonds. The molecule has 0 saturated heterocycles. The third-order valence-electron chi connectivity index (χ3n) is 1.60. The minimum atomic E-state index is 0.398. The molecule has 0 saturated carbocycles. The van der Waals surface area contributed by atoms with E-state index in [-0.39, 0.29) is 0 Å². The summed E-state index contributed by atoms with van der Waals surface area (Å²) in [7, 11) is 0. The Bertz CT molecular complexity index is 406. The fourth-order valence-corrected chi connectivity index (χ4v) is 1.12. The van der Waals surface area contributed by atoms with Gasteiger partial charge in [0.05, 0.1) is 11.9 Å². The molecule has 66 valence electrons. The van der Waals surface area contributed by atoms with Crippen molar-refractivity contribution in [1.29, 1.82) is 0 Å². The zero-order valence-corrected chi connectivity index (χ0v) is 7.44. The fraction of sp³-hybridized carbons (Fsp3) is 0. The lowest BCUT2D eigenvalue weighted by atomic mass is 10.3. The number of nitrogens with two attached hydrogens (primary N) is 1. The number of hydrogen-bond donors (Lipinski definition) is 1. The molecule has 13 heavy (non-hydrogen) atoms. The number of nitrogen functional groups attached to an aromatic ring is 1. The summed E-state index contributed by atoms with van der Waals surface area (Å²) in [6.45, 7) is 0. The second-order valence-corrected chi connectivity index (χ2v) is 3.00. The summed E-state index contributed by atoms with van der Waals surface area (Å²) in [5.74, 6) is 0.398. The van der Waals surface area contributed by atoms with E-state index in [9.17, 15) is 0 Å². The van der Waals surface area contributed by atoms with E-state index in [2.05, 4.69) is 10.3 Å². The van der Waals surface area contributed by atoms with Gasteiger partial charge < -0.3 is 5.73 Å². The van der Waals surface area contributed by atoms with E-state index in [0.717, 1.165) is 5.69 Å². The third-order valence-corrected chi connectivity index (χ3v) is 1.85. The van der Waals surface area contributed by atoms with Crippen molar-refractivity contribution in [3.05, 3.63) is 35.5 Å². The Morgan fingerprint density at radius 2 is 1.92 bits per heavy atom. The smallest absolute Gasteiger partial charge is 0.166 e. The van der Waals surface area contributed by atoms with Gasteiger partial charge >= 0.3 is 0 Å². The van der Waals surface area contributed by atoms with Crippen molar-refractivity contribution in [2.75, 3.05) is 5.73 Å². The van der Waals surface area contributed by atoms with Crippen molar-refractivity contribution in [2.24, 2.45) is 0 Å². The standard InChI is InChI=1S/C8H7ClN4/c9-6-1-3-7(4-2-6)13-5-8(10)11-12-13/h1-5H,10H2. The number of anilines is 1. The topological polar surface area (TPSA) is 56.7 Å². The van der Waals surface area contributed by atoms with Crippen LogP contribution in [0.5, 0.6) is 0 Å². The maximum atomic E-state index is 5.73. The first-order valence-corrected chi connectivity index (χ1v) is 4.07. The van der Waals surface area contributed by atoms with Gasteiger partial charge in [-0.15, -0.1) is 5.10 Å². The predicted octanol–water partition coefficient (Wildman–Crippen LogP) is 1.50. The van der Waals surface area contributed by atoms with E-state index in [1.54, 1.807) is 23.0 Å². The van der Waals surface area contributed by atoms with E-state index in [0.29, 0.717) is 10.8 Å². The summed E-state index contributed by atoms with van der Waals surface area (Å²) in [4.78, 5) is 0. The summed E-state index contributed by atoms with van der Waals surface area (Å²) in [5.41, 5.74) is 6.31. The highest BCUT2D eigenvalue weighted by molar-refractivity contribution is 6.30. The normalized spacial score (nSPS) is 10.2.